The van der Waals surface area contributed by atoms with Crippen molar-refractivity contribution >= 4 is 5.91 Å². The average Bonchev–Trinajstić information content (AvgIpc) is 2.72. The molecule has 0 saturated carbocycles. The van der Waals surface area contributed by atoms with Crippen LogP contribution >= 0.6 is 0 Å². The first-order chi connectivity index (χ1) is 7.27. The van der Waals surface area contributed by atoms with Gasteiger partial charge in [0.1, 0.15) is 5.69 Å². The van der Waals surface area contributed by atoms with Crippen LogP contribution in [0.5, 0.6) is 0 Å². The summed E-state index contributed by atoms with van der Waals surface area (Å²) < 4.78 is 0. The van der Waals surface area contributed by atoms with Gasteiger partial charge < -0.3 is 10.6 Å². The number of aromatic nitrogens is 2. The van der Waals surface area contributed by atoms with Crippen molar-refractivity contribution in [3.63, 3.8) is 0 Å². The van der Waals surface area contributed by atoms with Crippen molar-refractivity contribution in [2.75, 3.05) is 20.1 Å². The Morgan fingerprint density at radius 3 is 2.93 bits per heavy atom. The van der Waals surface area contributed by atoms with Gasteiger partial charge >= 0.3 is 0 Å². The minimum absolute atomic E-state index is 0.109. The molecule has 0 radical (unpaired) electrons. The van der Waals surface area contributed by atoms with Crippen LogP contribution in [0.4, 0.5) is 0 Å². The van der Waals surface area contributed by atoms with Crippen LogP contribution in [-0.4, -0.2) is 36.2 Å². The van der Waals surface area contributed by atoms with E-state index >= 15 is 0 Å². The van der Waals surface area contributed by atoms with E-state index in [1.807, 2.05) is 14.0 Å². The summed E-state index contributed by atoms with van der Waals surface area (Å²) in [6.45, 7) is 3.59. The summed E-state index contributed by atoms with van der Waals surface area (Å²) in [5.41, 5.74) is 1.45. The highest BCUT2D eigenvalue weighted by Crippen LogP contribution is 1.99. The summed E-state index contributed by atoms with van der Waals surface area (Å²) in [4.78, 5) is 11.5. The lowest BCUT2D eigenvalue weighted by Crippen LogP contribution is -2.26. The predicted molar refractivity (Wildman–Crippen MR) is 58.8 cm³/mol. The number of hydrogen-bond acceptors (Lipinski definition) is 3. The van der Waals surface area contributed by atoms with E-state index < -0.39 is 0 Å². The standard InChI is InChI=1S/C10H18N4O/c1-3-8-7-9(14-13-8)10(15)12-6-4-5-11-2/h7,11H,3-6H2,1-2H3,(H,12,15)(H,13,14). The summed E-state index contributed by atoms with van der Waals surface area (Å²) in [6.07, 6.45) is 1.79. The first-order valence-electron chi connectivity index (χ1n) is 5.25. The number of carbonyl (C=O) groups is 1. The summed E-state index contributed by atoms with van der Waals surface area (Å²) in [5, 5.41) is 12.6. The van der Waals surface area contributed by atoms with Crippen LogP contribution in [0.3, 0.4) is 0 Å². The second kappa shape index (κ2) is 6.19. The molecule has 84 valence electrons. The van der Waals surface area contributed by atoms with Crippen LogP contribution < -0.4 is 10.6 Å². The molecule has 1 heterocycles. The zero-order valence-electron chi connectivity index (χ0n) is 9.26. The molecule has 0 aliphatic rings. The minimum atomic E-state index is -0.109. The van der Waals surface area contributed by atoms with Gasteiger partial charge in [0.15, 0.2) is 0 Å². The first kappa shape index (κ1) is 11.7. The van der Waals surface area contributed by atoms with E-state index in [-0.39, 0.29) is 5.91 Å². The second-order valence-electron chi connectivity index (χ2n) is 3.34. The third kappa shape index (κ3) is 3.71. The summed E-state index contributed by atoms with van der Waals surface area (Å²) >= 11 is 0. The molecule has 0 aliphatic carbocycles. The van der Waals surface area contributed by atoms with Crippen LogP contribution in [0.2, 0.25) is 0 Å². The van der Waals surface area contributed by atoms with Gasteiger partial charge in [-0.3, -0.25) is 9.89 Å². The van der Waals surface area contributed by atoms with Crippen molar-refractivity contribution in [2.24, 2.45) is 0 Å². The van der Waals surface area contributed by atoms with Gasteiger partial charge in [0.05, 0.1) is 0 Å². The van der Waals surface area contributed by atoms with Crippen molar-refractivity contribution in [1.82, 2.24) is 20.8 Å². The average molecular weight is 210 g/mol. The Morgan fingerprint density at radius 1 is 1.53 bits per heavy atom. The molecule has 0 aromatic carbocycles. The maximum absolute atomic E-state index is 11.5. The van der Waals surface area contributed by atoms with Gasteiger partial charge in [-0.15, -0.1) is 0 Å². The third-order valence-corrected chi connectivity index (χ3v) is 2.13. The Labute approximate surface area is 89.6 Å². The Hall–Kier alpha value is -1.36. The largest absolute Gasteiger partial charge is 0.351 e. The molecule has 0 saturated heterocycles. The number of amides is 1. The topological polar surface area (TPSA) is 69.8 Å². The smallest absolute Gasteiger partial charge is 0.271 e. The van der Waals surface area contributed by atoms with Crippen molar-refractivity contribution in [3.8, 4) is 0 Å². The summed E-state index contributed by atoms with van der Waals surface area (Å²) in [7, 11) is 1.89. The molecule has 0 aliphatic heterocycles. The molecule has 0 bridgehead atoms. The number of aromatic amines is 1. The van der Waals surface area contributed by atoms with Gasteiger partial charge in [-0.05, 0) is 32.5 Å². The van der Waals surface area contributed by atoms with Crippen LogP contribution in [0.25, 0.3) is 0 Å². The van der Waals surface area contributed by atoms with Gasteiger partial charge in [-0.2, -0.15) is 5.10 Å². The lowest BCUT2D eigenvalue weighted by molar-refractivity contribution is 0.0948. The highest BCUT2D eigenvalue weighted by Gasteiger charge is 2.08. The van der Waals surface area contributed by atoms with Gasteiger partial charge in [-0.25, -0.2) is 0 Å². The zero-order chi connectivity index (χ0) is 11.1. The maximum atomic E-state index is 11.5. The minimum Gasteiger partial charge on any atom is -0.351 e. The molecule has 0 unspecified atom stereocenters. The Balaban J connectivity index is 2.33. The molecule has 1 rings (SSSR count). The lowest BCUT2D eigenvalue weighted by atomic mass is 10.3. The number of nitrogens with one attached hydrogen (secondary N) is 3. The number of carbonyl (C=O) groups excluding carboxylic acids is 1. The molecule has 0 spiro atoms. The molecular weight excluding hydrogens is 192 g/mol. The second-order valence-corrected chi connectivity index (χ2v) is 3.34. The molecule has 15 heavy (non-hydrogen) atoms. The van der Waals surface area contributed by atoms with Crippen molar-refractivity contribution in [1.29, 1.82) is 0 Å². The van der Waals surface area contributed by atoms with Gasteiger partial charge in [0.2, 0.25) is 0 Å². The summed E-state index contributed by atoms with van der Waals surface area (Å²) in [6, 6.07) is 1.79. The van der Waals surface area contributed by atoms with E-state index in [1.54, 1.807) is 6.07 Å². The van der Waals surface area contributed by atoms with Gasteiger partial charge in [0, 0.05) is 12.2 Å². The van der Waals surface area contributed by atoms with E-state index in [0.29, 0.717) is 12.2 Å². The molecule has 5 nitrogen and oxygen atoms in total. The van der Waals surface area contributed by atoms with E-state index in [0.717, 1.165) is 25.1 Å². The molecule has 0 fully saturated rings. The van der Waals surface area contributed by atoms with E-state index in [4.69, 9.17) is 0 Å². The highest BCUT2D eigenvalue weighted by molar-refractivity contribution is 5.92. The Bertz CT molecular complexity index is 308. The fourth-order valence-electron chi connectivity index (χ4n) is 1.22. The first-order valence-corrected chi connectivity index (χ1v) is 5.25. The Morgan fingerprint density at radius 2 is 2.33 bits per heavy atom. The molecule has 1 amide bonds. The van der Waals surface area contributed by atoms with Crippen molar-refractivity contribution in [3.05, 3.63) is 17.5 Å². The van der Waals surface area contributed by atoms with E-state index in [1.165, 1.54) is 0 Å². The van der Waals surface area contributed by atoms with E-state index in [2.05, 4.69) is 20.8 Å². The van der Waals surface area contributed by atoms with Crippen molar-refractivity contribution < 1.29 is 4.79 Å². The fourth-order valence-corrected chi connectivity index (χ4v) is 1.22. The maximum Gasteiger partial charge on any atom is 0.271 e. The molecule has 1 aromatic rings. The Kier molecular flexibility index (Phi) is 4.83. The normalized spacial score (nSPS) is 10.3. The quantitative estimate of drug-likeness (QED) is 0.592. The van der Waals surface area contributed by atoms with Gasteiger partial charge in [-0.1, -0.05) is 6.92 Å². The number of hydrogen-bond donors (Lipinski definition) is 3. The zero-order valence-corrected chi connectivity index (χ0v) is 9.26. The van der Waals surface area contributed by atoms with Crippen LogP contribution in [-0.2, 0) is 6.42 Å². The molecule has 5 heteroatoms. The SMILES string of the molecule is CCc1cc(C(=O)NCCCNC)n[nH]1. The third-order valence-electron chi connectivity index (χ3n) is 2.13. The van der Waals surface area contributed by atoms with Crippen molar-refractivity contribution in [2.45, 2.75) is 19.8 Å². The predicted octanol–water partition coefficient (Wildman–Crippen LogP) is 0.311. The molecule has 1 aromatic heterocycles. The monoisotopic (exact) mass is 210 g/mol. The highest BCUT2D eigenvalue weighted by atomic mass is 16.1. The lowest BCUT2D eigenvalue weighted by Gasteiger charge is -2.01. The fraction of sp³-hybridized carbons (Fsp3) is 0.600. The molecule has 3 N–H and O–H groups in total. The van der Waals surface area contributed by atoms with Gasteiger partial charge in [0.25, 0.3) is 5.91 Å². The molecular formula is C10H18N4O. The number of nitrogens with zero attached hydrogens (tertiary/aromatic N) is 1. The number of aryl methyl sites for hydroxylation is 1. The van der Waals surface area contributed by atoms with Crippen LogP contribution in [0, 0.1) is 0 Å². The summed E-state index contributed by atoms with van der Waals surface area (Å²) in [5.74, 6) is -0.109. The van der Waals surface area contributed by atoms with E-state index in [9.17, 15) is 4.79 Å². The number of H-pyrrole nitrogens is 1. The van der Waals surface area contributed by atoms with Crippen LogP contribution in [0.1, 0.15) is 29.5 Å². The molecule has 0 atom stereocenters. The number of rotatable bonds is 6. The van der Waals surface area contributed by atoms with Crippen LogP contribution in [0.15, 0.2) is 6.07 Å².